The van der Waals surface area contributed by atoms with Crippen LogP contribution in [0.4, 0.5) is 18.0 Å². The van der Waals surface area contributed by atoms with Crippen molar-refractivity contribution >= 4 is 28.2 Å². The molecule has 1 fully saturated rings. The van der Waals surface area contributed by atoms with Crippen molar-refractivity contribution in [1.82, 2.24) is 15.3 Å². The Morgan fingerprint density at radius 3 is 2.03 bits per heavy atom. The fraction of sp³-hybridized carbons (Fsp3) is 0.348. The number of nitrogens with one attached hydrogen (secondary N) is 1. The Kier molecular flexibility index (Phi) is 7.46. The number of carbonyl (C=O) groups excluding carboxylic acids is 3. The van der Waals surface area contributed by atoms with Gasteiger partial charge in [0.2, 0.25) is 6.41 Å². The normalized spacial score (nSPS) is 16.6. The van der Waals surface area contributed by atoms with E-state index in [9.17, 15) is 41.2 Å². The van der Waals surface area contributed by atoms with E-state index in [0.717, 1.165) is 17.0 Å². The van der Waals surface area contributed by atoms with Crippen LogP contribution >= 0.6 is 0 Å². The predicted octanol–water partition coefficient (Wildman–Crippen LogP) is 3.08. The lowest BCUT2D eigenvalue weighted by Crippen LogP contribution is -2.46. The zero-order chi connectivity index (χ0) is 26.9. The molecule has 1 aliphatic heterocycles. The monoisotopic (exact) mass is 527 g/mol. The van der Waals surface area contributed by atoms with Crippen LogP contribution in [0.2, 0.25) is 0 Å². The first-order chi connectivity index (χ1) is 16.7. The van der Waals surface area contributed by atoms with Crippen LogP contribution in [-0.2, 0) is 25.6 Å². The SMILES string of the molecule is CC1(C)NC(=O)N(CC(CCS(=O)(=O)c2ccc(-c3ccc(C(F)(F)F)cc3)cc2)N(O)C=O)C1=O. The number of rotatable bonds is 9. The molecule has 13 heteroatoms. The highest BCUT2D eigenvalue weighted by Crippen LogP contribution is 2.31. The Morgan fingerprint density at radius 2 is 1.58 bits per heavy atom. The molecule has 1 saturated heterocycles. The third kappa shape index (κ3) is 5.85. The minimum absolute atomic E-state index is 0.0553. The molecule has 36 heavy (non-hydrogen) atoms. The summed E-state index contributed by atoms with van der Waals surface area (Å²) in [6.07, 6.45) is -4.69. The Bertz CT molecular complexity index is 1250. The summed E-state index contributed by atoms with van der Waals surface area (Å²) in [5.74, 6) is -1.10. The maximum Gasteiger partial charge on any atom is 0.416 e. The van der Waals surface area contributed by atoms with Crippen LogP contribution in [0.5, 0.6) is 0 Å². The number of imide groups is 1. The summed E-state index contributed by atoms with van der Waals surface area (Å²) < 4.78 is 63.9. The molecular weight excluding hydrogens is 503 g/mol. The number of hydrogen-bond donors (Lipinski definition) is 2. The van der Waals surface area contributed by atoms with Crippen molar-refractivity contribution in [3.63, 3.8) is 0 Å². The van der Waals surface area contributed by atoms with Crippen LogP contribution in [-0.4, -0.2) is 65.8 Å². The van der Waals surface area contributed by atoms with Gasteiger partial charge in [0.1, 0.15) is 5.54 Å². The Labute approximate surface area is 205 Å². The Balaban J connectivity index is 1.72. The molecule has 1 atom stereocenters. The van der Waals surface area contributed by atoms with Crippen LogP contribution in [0.1, 0.15) is 25.8 Å². The first kappa shape index (κ1) is 27.1. The zero-order valence-electron chi connectivity index (χ0n) is 19.3. The second-order valence-corrected chi connectivity index (χ2v) is 10.9. The molecule has 0 saturated carbocycles. The summed E-state index contributed by atoms with van der Waals surface area (Å²) in [6, 6.07) is 8.02. The van der Waals surface area contributed by atoms with E-state index in [0.29, 0.717) is 11.1 Å². The van der Waals surface area contributed by atoms with E-state index in [1.54, 1.807) is 0 Å². The number of hydrogen-bond acceptors (Lipinski definition) is 6. The van der Waals surface area contributed by atoms with Crippen molar-refractivity contribution in [2.75, 3.05) is 12.3 Å². The van der Waals surface area contributed by atoms with Gasteiger partial charge in [0.15, 0.2) is 9.84 Å². The van der Waals surface area contributed by atoms with Gasteiger partial charge in [-0.3, -0.25) is 19.7 Å². The highest BCUT2D eigenvalue weighted by Gasteiger charge is 2.45. The van der Waals surface area contributed by atoms with Crippen molar-refractivity contribution < 1.29 is 41.2 Å². The highest BCUT2D eigenvalue weighted by molar-refractivity contribution is 7.91. The fourth-order valence-corrected chi connectivity index (χ4v) is 5.07. The Hall–Kier alpha value is -3.45. The average Bonchev–Trinajstić information content (AvgIpc) is 3.01. The van der Waals surface area contributed by atoms with E-state index in [-0.39, 0.29) is 22.8 Å². The Morgan fingerprint density at radius 1 is 1.06 bits per heavy atom. The standard InChI is InChI=1S/C23H24F3N3O6S/c1-22(2)20(31)28(21(32)27-22)13-18(29(33)14-30)11-12-36(34,35)19-9-5-16(6-10-19)15-3-7-17(8-4-15)23(24,25)26/h3-10,14,18,33H,11-13H2,1-2H3,(H,27,32). The van der Waals surface area contributed by atoms with Crippen LogP contribution < -0.4 is 5.32 Å². The first-order valence-corrected chi connectivity index (χ1v) is 12.4. The van der Waals surface area contributed by atoms with Gasteiger partial charge in [-0.25, -0.2) is 18.3 Å². The first-order valence-electron chi connectivity index (χ1n) is 10.7. The number of nitrogens with zero attached hydrogens (tertiary/aromatic N) is 2. The van der Waals surface area contributed by atoms with E-state index in [1.165, 1.54) is 50.2 Å². The third-order valence-electron chi connectivity index (χ3n) is 5.80. The summed E-state index contributed by atoms with van der Waals surface area (Å²) in [7, 11) is -3.91. The van der Waals surface area contributed by atoms with Crippen molar-refractivity contribution in [3.8, 4) is 11.1 Å². The number of alkyl halides is 3. The molecule has 0 aliphatic carbocycles. The van der Waals surface area contributed by atoms with Gasteiger partial charge in [-0.1, -0.05) is 24.3 Å². The van der Waals surface area contributed by atoms with Crippen molar-refractivity contribution in [3.05, 3.63) is 54.1 Å². The van der Waals surface area contributed by atoms with Crippen LogP contribution in [0.25, 0.3) is 11.1 Å². The number of amides is 4. The summed E-state index contributed by atoms with van der Waals surface area (Å²) in [4.78, 5) is 36.4. The van der Waals surface area contributed by atoms with E-state index in [1.807, 2.05) is 0 Å². The topological polar surface area (TPSA) is 124 Å². The van der Waals surface area contributed by atoms with Gasteiger partial charge < -0.3 is 5.32 Å². The number of carbonyl (C=O) groups is 3. The van der Waals surface area contributed by atoms with Gasteiger partial charge >= 0.3 is 12.2 Å². The molecular formula is C23H24F3N3O6S. The minimum Gasteiger partial charge on any atom is -0.324 e. The lowest BCUT2D eigenvalue weighted by atomic mass is 10.0. The van der Waals surface area contributed by atoms with Crippen molar-refractivity contribution in [1.29, 1.82) is 0 Å². The quantitative estimate of drug-likeness (QED) is 0.224. The molecule has 3 rings (SSSR count). The zero-order valence-corrected chi connectivity index (χ0v) is 20.1. The molecule has 0 aromatic heterocycles. The molecule has 1 unspecified atom stereocenters. The maximum atomic E-state index is 12.8. The van der Waals surface area contributed by atoms with Crippen molar-refractivity contribution in [2.45, 2.75) is 42.9 Å². The smallest absolute Gasteiger partial charge is 0.324 e. The number of urea groups is 1. The van der Waals surface area contributed by atoms with E-state index >= 15 is 0 Å². The molecule has 0 bridgehead atoms. The van der Waals surface area contributed by atoms with E-state index in [2.05, 4.69) is 5.32 Å². The lowest BCUT2D eigenvalue weighted by molar-refractivity contribution is -0.162. The number of sulfone groups is 1. The fourth-order valence-electron chi connectivity index (χ4n) is 3.70. The van der Waals surface area contributed by atoms with E-state index in [4.69, 9.17) is 0 Å². The van der Waals surface area contributed by atoms with Crippen LogP contribution in [0, 0.1) is 0 Å². The molecule has 0 spiro atoms. The molecule has 2 N–H and O–H groups in total. The van der Waals surface area contributed by atoms with Gasteiger partial charge in [0.25, 0.3) is 5.91 Å². The third-order valence-corrected chi connectivity index (χ3v) is 7.56. The largest absolute Gasteiger partial charge is 0.416 e. The predicted molar refractivity (Wildman–Crippen MR) is 121 cm³/mol. The number of benzene rings is 2. The van der Waals surface area contributed by atoms with Gasteiger partial charge in [0.05, 0.1) is 28.8 Å². The summed E-state index contributed by atoms with van der Waals surface area (Å²) in [6.45, 7) is 2.56. The minimum atomic E-state index is -4.47. The van der Waals surface area contributed by atoms with Gasteiger partial charge in [-0.15, -0.1) is 0 Å². The molecule has 2 aromatic rings. The second-order valence-electron chi connectivity index (χ2n) is 8.82. The van der Waals surface area contributed by atoms with Gasteiger partial charge in [0, 0.05) is 0 Å². The maximum absolute atomic E-state index is 12.8. The second kappa shape index (κ2) is 9.90. The van der Waals surface area contributed by atoms with Crippen LogP contribution in [0.15, 0.2) is 53.4 Å². The molecule has 194 valence electrons. The molecule has 9 nitrogen and oxygen atoms in total. The average molecular weight is 528 g/mol. The summed E-state index contributed by atoms with van der Waals surface area (Å²) in [5, 5.41) is 12.6. The van der Waals surface area contributed by atoms with E-state index < -0.39 is 57.4 Å². The van der Waals surface area contributed by atoms with Gasteiger partial charge in [-0.2, -0.15) is 13.2 Å². The highest BCUT2D eigenvalue weighted by atomic mass is 32.2. The molecule has 0 radical (unpaired) electrons. The number of hydroxylamine groups is 2. The number of halogens is 3. The lowest BCUT2D eigenvalue weighted by Gasteiger charge is -2.26. The molecule has 1 heterocycles. The van der Waals surface area contributed by atoms with Gasteiger partial charge in [-0.05, 0) is 55.7 Å². The summed E-state index contributed by atoms with van der Waals surface area (Å²) >= 11 is 0. The van der Waals surface area contributed by atoms with Crippen molar-refractivity contribution in [2.24, 2.45) is 0 Å². The molecule has 4 amide bonds. The molecule has 2 aromatic carbocycles. The molecule has 1 aliphatic rings. The summed E-state index contributed by atoms with van der Waals surface area (Å²) in [5.41, 5.74) is -1.01. The van der Waals surface area contributed by atoms with Crippen LogP contribution in [0.3, 0.4) is 0 Å².